The molecule has 4 rings (SSSR count). The van der Waals surface area contributed by atoms with Gasteiger partial charge in [0, 0.05) is 37.1 Å². The standard InChI is InChI=1S/C17H28N2O3/c20-9-13-10-4-5-11(8-10)16(13)19-17(21)18-14-2-1-3-15-12(14)6-7-22-15/h10-16,20H,1-9H2,(H2,18,19,21). The number of hydrogen-bond acceptors (Lipinski definition) is 3. The Morgan fingerprint density at radius 1 is 1.09 bits per heavy atom. The van der Waals surface area contributed by atoms with E-state index in [-0.39, 0.29) is 30.6 Å². The number of carbonyl (C=O) groups is 1. The second-order valence-electron chi connectivity index (χ2n) is 7.72. The SMILES string of the molecule is O=C(NC1CCCC2OCCC12)NC1C2CCC(C2)C1CO. The van der Waals surface area contributed by atoms with Gasteiger partial charge in [-0.3, -0.25) is 0 Å². The van der Waals surface area contributed by atoms with E-state index < -0.39 is 0 Å². The molecule has 22 heavy (non-hydrogen) atoms. The van der Waals surface area contributed by atoms with Gasteiger partial charge in [-0.15, -0.1) is 0 Å². The van der Waals surface area contributed by atoms with Crippen LogP contribution >= 0.6 is 0 Å². The van der Waals surface area contributed by atoms with Gasteiger partial charge >= 0.3 is 6.03 Å². The maximum Gasteiger partial charge on any atom is 0.315 e. The number of rotatable bonds is 3. The van der Waals surface area contributed by atoms with E-state index in [9.17, 15) is 9.90 Å². The molecule has 124 valence electrons. The van der Waals surface area contributed by atoms with Gasteiger partial charge in [-0.2, -0.15) is 0 Å². The van der Waals surface area contributed by atoms with E-state index in [1.54, 1.807) is 0 Å². The number of urea groups is 1. The van der Waals surface area contributed by atoms with Crippen molar-refractivity contribution in [1.29, 1.82) is 0 Å². The Kier molecular flexibility index (Phi) is 4.03. The number of hydrogen-bond donors (Lipinski definition) is 3. The lowest BCUT2D eigenvalue weighted by Gasteiger charge is -2.35. The van der Waals surface area contributed by atoms with Crippen LogP contribution in [-0.2, 0) is 4.74 Å². The third-order valence-electron chi connectivity index (χ3n) is 6.69. The Balaban J connectivity index is 1.34. The first-order valence-corrected chi connectivity index (χ1v) is 9.05. The average molecular weight is 308 g/mol. The summed E-state index contributed by atoms with van der Waals surface area (Å²) < 4.78 is 5.77. The molecule has 1 heterocycles. The molecule has 1 aliphatic heterocycles. The van der Waals surface area contributed by atoms with Crippen molar-refractivity contribution in [2.24, 2.45) is 23.7 Å². The molecule has 0 spiro atoms. The van der Waals surface area contributed by atoms with E-state index in [0.29, 0.717) is 23.9 Å². The van der Waals surface area contributed by atoms with Crippen molar-refractivity contribution in [1.82, 2.24) is 10.6 Å². The summed E-state index contributed by atoms with van der Waals surface area (Å²) in [5, 5.41) is 16.0. The highest BCUT2D eigenvalue weighted by molar-refractivity contribution is 5.74. The summed E-state index contributed by atoms with van der Waals surface area (Å²) in [6.45, 7) is 1.04. The molecule has 3 aliphatic carbocycles. The topological polar surface area (TPSA) is 70.6 Å². The first kappa shape index (κ1) is 14.8. The fraction of sp³-hybridized carbons (Fsp3) is 0.941. The quantitative estimate of drug-likeness (QED) is 0.742. The van der Waals surface area contributed by atoms with Gasteiger partial charge in [0.25, 0.3) is 0 Å². The average Bonchev–Trinajstić information content (AvgIpc) is 3.22. The summed E-state index contributed by atoms with van der Waals surface area (Å²) in [7, 11) is 0. The summed E-state index contributed by atoms with van der Waals surface area (Å²) >= 11 is 0. The molecule has 0 radical (unpaired) electrons. The van der Waals surface area contributed by atoms with Gasteiger partial charge in [0.1, 0.15) is 0 Å². The smallest absolute Gasteiger partial charge is 0.315 e. The Morgan fingerprint density at radius 2 is 1.95 bits per heavy atom. The number of carbonyl (C=O) groups excluding carboxylic acids is 1. The molecule has 5 heteroatoms. The number of aliphatic hydroxyl groups is 1. The first-order chi connectivity index (χ1) is 10.8. The molecule has 3 N–H and O–H groups in total. The minimum atomic E-state index is -0.0338. The van der Waals surface area contributed by atoms with Crippen LogP contribution in [0.25, 0.3) is 0 Å². The van der Waals surface area contributed by atoms with E-state index >= 15 is 0 Å². The van der Waals surface area contributed by atoms with Crippen molar-refractivity contribution in [3.63, 3.8) is 0 Å². The molecular formula is C17H28N2O3. The lowest BCUT2D eigenvalue weighted by Crippen LogP contribution is -2.54. The Hall–Kier alpha value is -0.810. The number of aliphatic hydroxyl groups excluding tert-OH is 1. The van der Waals surface area contributed by atoms with Gasteiger partial charge in [0.2, 0.25) is 0 Å². The third-order valence-corrected chi connectivity index (χ3v) is 6.69. The zero-order valence-electron chi connectivity index (χ0n) is 13.2. The molecule has 0 aromatic carbocycles. The lowest BCUT2D eigenvalue weighted by molar-refractivity contribution is 0.0546. The van der Waals surface area contributed by atoms with Crippen LogP contribution in [0, 0.1) is 23.7 Å². The molecule has 7 atom stereocenters. The summed E-state index contributed by atoms with van der Waals surface area (Å²) in [6, 6.07) is 0.393. The van der Waals surface area contributed by atoms with E-state index in [1.165, 1.54) is 19.3 Å². The largest absolute Gasteiger partial charge is 0.396 e. The number of amides is 2. The lowest BCUT2D eigenvalue weighted by atomic mass is 9.82. The monoisotopic (exact) mass is 308 g/mol. The molecule has 4 aliphatic rings. The van der Waals surface area contributed by atoms with Crippen LogP contribution in [0.3, 0.4) is 0 Å². The van der Waals surface area contributed by atoms with E-state index in [4.69, 9.17) is 4.74 Å². The highest BCUT2D eigenvalue weighted by Crippen LogP contribution is 2.48. The number of nitrogens with one attached hydrogen (secondary N) is 2. The molecular weight excluding hydrogens is 280 g/mol. The van der Waals surface area contributed by atoms with E-state index in [1.807, 2.05) is 0 Å². The van der Waals surface area contributed by atoms with Crippen LogP contribution in [0.1, 0.15) is 44.9 Å². The number of fused-ring (bicyclic) bond motifs is 3. The Bertz CT molecular complexity index is 430. The van der Waals surface area contributed by atoms with Crippen LogP contribution in [-0.4, -0.2) is 42.5 Å². The minimum Gasteiger partial charge on any atom is -0.396 e. The number of ether oxygens (including phenoxy) is 1. The summed E-state index contributed by atoms with van der Waals surface area (Å²) in [5.41, 5.74) is 0. The zero-order valence-corrected chi connectivity index (χ0v) is 13.2. The van der Waals surface area contributed by atoms with Crippen molar-refractivity contribution in [2.75, 3.05) is 13.2 Å². The Morgan fingerprint density at radius 3 is 2.82 bits per heavy atom. The molecule has 7 unspecified atom stereocenters. The van der Waals surface area contributed by atoms with Crippen molar-refractivity contribution >= 4 is 6.03 Å². The fourth-order valence-electron chi connectivity index (χ4n) is 5.61. The van der Waals surface area contributed by atoms with Gasteiger partial charge in [-0.25, -0.2) is 4.79 Å². The minimum absolute atomic E-state index is 0.0338. The molecule has 0 aromatic heterocycles. The van der Waals surface area contributed by atoms with Gasteiger partial charge in [0.15, 0.2) is 0 Å². The summed E-state index contributed by atoms with van der Waals surface area (Å²) in [5.74, 6) is 1.94. The highest BCUT2D eigenvalue weighted by Gasteiger charge is 2.48. The van der Waals surface area contributed by atoms with Gasteiger partial charge in [-0.05, 0) is 56.8 Å². The van der Waals surface area contributed by atoms with Crippen LogP contribution in [0.5, 0.6) is 0 Å². The molecule has 1 saturated heterocycles. The van der Waals surface area contributed by atoms with Gasteiger partial charge < -0.3 is 20.5 Å². The summed E-state index contributed by atoms with van der Waals surface area (Å²) in [6.07, 6.45) is 8.38. The molecule has 3 saturated carbocycles. The van der Waals surface area contributed by atoms with Crippen molar-refractivity contribution in [3.05, 3.63) is 0 Å². The van der Waals surface area contributed by atoms with Crippen LogP contribution in [0.4, 0.5) is 4.79 Å². The van der Waals surface area contributed by atoms with E-state index in [0.717, 1.165) is 32.3 Å². The normalized spacial score (nSPS) is 46.5. The molecule has 4 fully saturated rings. The second-order valence-corrected chi connectivity index (χ2v) is 7.72. The Labute approximate surface area is 132 Å². The van der Waals surface area contributed by atoms with Crippen molar-refractivity contribution in [3.8, 4) is 0 Å². The van der Waals surface area contributed by atoms with Gasteiger partial charge in [-0.1, -0.05) is 0 Å². The van der Waals surface area contributed by atoms with Gasteiger partial charge in [0.05, 0.1) is 6.10 Å². The zero-order chi connectivity index (χ0) is 15.1. The van der Waals surface area contributed by atoms with Crippen LogP contribution < -0.4 is 10.6 Å². The molecule has 2 bridgehead atoms. The molecule has 0 aromatic rings. The fourth-order valence-corrected chi connectivity index (χ4v) is 5.61. The first-order valence-electron chi connectivity index (χ1n) is 9.05. The maximum atomic E-state index is 12.4. The summed E-state index contributed by atoms with van der Waals surface area (Å²) in [4.78, 5) is 12.4. The molecule has 2 amide bonds. The van der Waals surface area contributed by atoms with Crippen LogP contribution in [0.2, 0.25) is 0 Å². The third kappa shape index (κ3) is 2.52. The van der Waals surface area contributed by atoms with E-state index in [2.05, 4.69) is 10.6 Å². The highest BCUT2D eigenvalue weighted by atomic mass is 16.5. The molecule has 5 nitrogen and oxygen atoms in total. The predicted octanol–water partition coefficient (Wildman–Crippen LogP) is 1.65. The van der Waals surface area contributed by atoms with Crippen molar-refractivity contribution in [2.45, 2.75) is 63.1 Å². The second kappa shape index (κ2) is 6.00. The van der Waals surface area contributed by atoms with Crippen LogP contribution in [0.15, 0.2) is 0 Å². The maximum absolute atomic E-state index is 12.4. The van der Waals surface area contributed by atoms with Crippen molar-refractivity contribution < 1.29 is 14.6 Å². The predicted molar refractivity (Wildman–Crippen MR) is 82.3 cm³/mol.